The van der Waals surface area contributed by atoms with E-state index in [9.17, 15) is 13.5 Å². The smallest absolute Gasteiger partial charge is 0.174 e. The number of hydrogen-bond donors (Lipinski definition) is 0. The van der Waals surface area contributed by atoms with Crippen molar-refractivity contribution in [3.05, 3.63) is 11.7 Å². The summed E-state index contributed by atoms with van der Waals surface area (Å²) in [5.74, 6) is -0.00819. The van der Waals surface area contributed by atoms with E-state index in [-0.39, 0.29) is 12.0 Å². The lowest BCUT2D eigenvalue weighted by Gasteiger charge is -1.84. The molecule has 0 atom stereocenters. The van der Waals surface area contributed by atoms with Gasteiger partial charge in [0, 0.05) is 0 Å². The van der Waals surface area contributed by atoms with Gasteiger partial charge in [-0.1, -0.05) is 6.92 Å². The van der Waals surface area contributed by atoms with Crippen molar-refractivity contribution < 1.29 is 13.5 Å². The van der Waals surface area contributed by atoms with Crippen LogP contribution in [0.15, 0.2) is 11.7 Å². The third kappa shape index (κ3) is 2.63. The van der Waals surface area contributed by atoms with Gasteiger partial charge < -0.3 is 0 Å². The maximum absolute atomic E-state index is 10.3. The molecule has 0 amide bonds. The fourth-order valence-electron chi connectivity index (χ4n) is 0.181. The van der Waals surface area contributed by atoms with Crippen molar-refractivity contribution in [3.8, 4) is 0 Å². The topological polar surface area (TPSA) is 54.0 Å². The van der Waals surface area contributed by atoms with Gasteiger partial charge in [0.1, 0.15) is 0 Å². The standard InChI is InChI=1S/C4H7O3S/c1-2-8(6,7)4-3-5/h3-4H,2H2,1H3. The third-order valence-corrected chi connectivity index (χ3v) is 2.00. The van der Waals surface area contributed by atoms with Crippen molar-refractivity contribution in [3.63, 3.8) is 0 Å². The highest BCUT2D eigenvalue weighted by Crippen LogP contribution is 1.88. The molecular weight excluding hydrogens is 128 g/mol. The van der Waals surface area contributed by atoms with Crippen LogP contribution in [0.1, 0.15) is 6.92 Å². The van der Waals surface area contributed by atoms with Crippen LogP contribution < -0.4 is 0 Å². The number of sulfone groups is 1. The Kier molecular flexibility index (Phi) is 2.54. The van der Waals surface area contributed by atoms with Gasteiger partial charge in [-0.05, 0) is 0 Å². The van der Waals surface area contributed by atoms with E-state index >= 15 is 0 Å². The van der Waals surface area contributed by atoms with Crippen LogP contribution in [0.2, 0.25) is 0 Å². The van der Waals surface area contributed by atoms with E-state index in [1.54, 1.807) is 0 Å². The van der Waals surface area contributed by atoms with E-state index in [2.05, 4.69) is 0 Å². The van der Waals surface area contributed by atoms with Crippen molar-refractivity contribution >= 4 is 9.84 Å². The molecule has 3 nitrogen and oxygen atoms in total. The predicted octanol–water partition coefficient (Wildman–Crippen LogP) is 0.323. The molecule has 0 rings (SSSR count). The molecule has 0 aromatic carbocycles. The Bertz CT molecular complexity index is 166. The molecule has 47 valence electrons. The Hall–Kier alpha value is -0.510. The molecule has 0 heterocycles. The van der Waals surface area contributed by atoms with Crippen LogP contribution in [0.25, 0.3) is 0 Å². The van der Waals surface area contributed by atoms with Crippen molar-refractivity contribution in [2.75, 3.05) is 5.75 Å². The number of hydrogen-bond acceptors (Lipinski definition) is 2. The molecule has 4 heteroatoms. The van der Waals surface area contributed by atoms with Gasteiger partial charge in [0.2, 0.25) is 0 Å². The zero-order valence-electron chi connectivity index (χ0n) is 4.49. The van der Waals surface area contributed by atoms with E-state index in [0.29, 0.717) is 5.41 Å². The Balaban J connectivity index is 4.17. The van der Waals surface area contributed by atoms with Gasteiger partial charge in [-0.25, -0.2) is 8.42 Å². The SMILES string of the molecule is CCS(=O)(=O)C=C[O]. The first-order valence-corrected chi connectivity index (χ1v) is 3.85. The second-order valence-corrected chi connectivity index (χ2v) is 3.40. The van der Waals surface area contributed by atoms with E-state index < -0.39 is 9.84 Å². The van der Waals surface area contributed by atoms with Gasteiger partial charge in [-0.15, -0.1) is 0 Å². The fraction of sp³-hybridized carbons (Fsp3) is 0.500. The molecule has 0 N–H and O–H groups in total. The van der Waals surface area contributed by atoms with Crippen LogP contribution in [0.3, 0.4) is 0 Å². The molecule has 0 saturated carbocycles. The first-order valence-electron chi connectivity index (χ1n) is 2.13. The third-order valence-electron chi connectivity index (χ3n) is 0.665. The Morgan fingerprint density at radius 1 is 1.50 bits per heavy atom. The first kappa shape index (κ1) is 7.49. The van der Waals surface area contributed by atoms with Crippen LogP contribution in [-0.4, -0.2) is 14.2 Å². The molecule has 0 aliphatic carbocycles. The van der Waals surface area contributed by atoms with Crippen molar-refractivity contribution in [1.82, 2.24) is 0 Å². The normalized spacial score (nSPS) is 12.6. The maximum Gasteiger partial charge on any atom is 0.174 e. The molecule has 0 fully saturated rings. The average Bonchev–Trinajstić information content (AvgIpc) is 1.67. The van der Waals surface area contributed by atoms with E-state index in [0.717, 1.165) is 0 Å². The van der Waals surface area contributed by atoms with Crippen LogP contribution >= 0.6 is 0 Å². The van der Waals surface area contributed by atoms with Gasteiger partial charge in [0.15, 0.2) is 16.1 Å². The molecule has 0 aliphatic rings. The summed E-state index contributed by atoms with van der Waals surface area (Å²) in [6.07, 6.45) is 0.277. The summed E-state index contributed by atoms with van der Waals surface area (Å²) in [7, 11) is -3.16. The summed E-state index contributed by atoms with van der Waals surface area (Å²) in [5.41, 5.74) is 0. The van der Waals surface area contributed by atoms with Gasteiger partial charge in [0.25, 0.3) is 0 Å². The lowest BCUT2D eigenvalue weighted by molar-refractivity contribution is 0.352. The Morgan fingerprint density at radius 3 is 2.12 bits per heavy atom. The zero-order valence-corrected chi connectivity index (χ0v) is 5.31. The molecular formula is C4H7O3S. The summed E-state index contributed by atoms with van der Waals surface area (Å²) in [6.45, 7) is 1.48. The van der Waals surface area contributed by atoms with Crippen LogP contribution in [0, 0.1) is 0 Å². The minimum atomic E-state index is -3.16. The highest BCUT2D eigenvalue weighted by molar-refractivity contribution is 7.94. The minimum Gasteiger partial charge on any atom is -0.298 e. The van der Waals surface area contributed by atoms with Gasteiger partial charge in [-0.2, -0.15) is 0 Å². The van der Waals surface area contributed by atoms with E-state index in [1.807, 2.05) is 0 Å². The van der Waals surface area contributed by atoms with E-state index in [1.165, 1.54) is 6.92 Å². The molecule has 1 radical (unpaired) electrons. The van der Waals surface area contributed by atoms with Crippen LogP contribution in [-0.2, 0) is 14.9 Å². The quantitative estimate of drug-likeness (QED) is 0.512. The first-order chi connectivity index (χ1) is 3.62. The number of rotatable bonds is 2. The van der Waals surface area contributed by atoms with Crippen molar-refractivity contribution in [2.24, 2.45) is 0 Å². The Labute approximate surface area is 48.6 Å². The lowest BCUT2D eigenvalue weighted by Crippen LogP contribution is -1.96. The lowest BCUT2D eigenvalue weighted by atomic mass is 11.0. The second kappa shape index (κ2) is 2.71. The molecule has 0 bridgehead atoms. The highest BCUT2D eigenvalue weighted by atomic mass is 32.2. The molecule has 0 unspecified atom stereocenters. The largest absolute Gasteiger partial charge is 0.298 e. The van der Waals surface area contributed by atoms with Gasteiger partial charge >= 0.3 is 0 Å². The molecule has 0 spiro atoms. The maximum atomic E-state index is 10.3. The van der Waals surface area contributed by atoms with Gasteiger partial charge in [0.05, 0.1) is 11.2 Å². The van der Waals surface area contributed by atoms with E-state index in [4.69, 9.17) is 0 Å². The second-order valence-electron chi connectivity index (χ2n) is 1.22. The monoisotopic (exact) mass is 135 g/mol. The summed E-state index contributed by atoms with van der Waals surface area (Å²) in [4.78, 5) is 0. The summed E-state index contributed by atoms with van der Waals surface area (Å²) >= 11 is 0. The average molecular weight is 135 g/mol. The summed E-state index contributed by atoms with van der Waals surface area (Å²) in [5, 5.41) is 10.2. The molecule has 0 aromatic rings. The summed E-state index contributed by atoms with van der Waals surface area (Å²) < 4.78 is 20.6. The molecule has 0 aliphatic heterocycles. The highest BCUT2D eigenvalue weighted by Gasteiger charge is 1.98. The Morgan fingerprint density at radius 2 is 2.00 bits per heavy atom. The van der Waals surface area contributed by atoms with Crippen molar-refractivity contribution in [2.45, 2.75) is 6.92 Å². The van der Waals surface area contributed by atoms with Crippen molar-refractivity contribution in [1.29, 1.82) is 0 Å². The summed E-state index contributed by atoms with van der Waals surface area (Å²) in [6, 6.07) is 0. The molecule has 0 saturated heterocycles. The van der Waals surface area contributed by atoms with Crippen LogP contribution in [0.4, 0.5) is 0 Å². The zero-order chi connectivity index (χ0) is 6.62. The van der Waals surface area contributed by atoms with Crippen LogP contribution in [0.5, 0.6) is 0 Å². The molecule has 8 heavy (non-hydrogen) atoms. The minimum absolute atomic E-state index is 0.00819. The van der Waals surface area contributed by atoms with Gasteiger partial charge in [-0.3, -0.25) is 5.11 Å². The fourth-order valence-corrected chi connectivity index (χ4v) is 0.543. The predicted molar refractivity (Wildman–Crippen MR) is 29.3 cm³/mol. The molecule has 0 aromatic heterocycles.